The maximum Gasteiger partial charge on any atom is 0.226 e. The van der Waals surface area contributed by atoms with Gasteiger partial charge in [-0.05, 0) is 120 Å². The van der Waals surface area contributed by atoms with Gasteiger partial charge in [-0.1, -0.05) is 55.2 Å². The fourth-order valence-corrected chi connectivity index (χ4v) is 7.45. The lowest BCUT2D eigenvalue weighted by atomic mass is 9.61. The summed E-state index contributed by atoms with van der Waals surface area (Å²) in [6.45, 7) is 12.2. The molecule has 2 saturated carbocycles. The average molecular weight is 530 g/mol. The number of rotatable bonds is 12. The van der Waals surface area contributed by atoms with Crippen molar-refractivity contribution >= 4 is 11.5 Å². The Hall–Kier alpha value is -2.36. The number of hydrogen-bond acceptors (Lipinski definition) is 4. The van der Waals surface area contributed by atoms with E-state index in [2.05, 4.69) is 64.2 Å². The van der Waals surface area contributed by atoms with Gasteiger partial charge in [0.2, 0.25) is 11.8 Å². The Morgan fingerprint density at radius 3 is 2.46 bits per heavy atom. The molecule has 39 heavy (non-hydrogen) atoms. The summed E-state index contributed by atoms with van der Waals surface area (Å²) >= 11 is 0. The van der Waals surface area contributed by atoms with E-state index in [4.69, 9.17) is 14.7 Å². The Morgan fingerprint density at radius 1 is 1.03 bits per heavy atom. The minimum absolute atomic E-state index is 0.550. The van der Waals surface area contributed by atoms with Crippen molar-refractivity contribution in [3.8, 4) is 5.88 Å². The van der Waals surface area contributed by atoms with Crippen LogP contribution in [0.15, 0.2) is 46.6 Å². The standard InChI is InChI=1S/C35H51N3O/c1-23(2)13-14-28(30(29-20-35(21-29)15-16-35)18-27-12-7-9-24(3)17-27)22-39-32-19-31(37-34(36-6)38-32)33-25(4)10-8-11-26(33)5/h9-10,17,19,23,28-30H,7-8,11-16,18,20-22H2,1-6H3,(H,36,37,38). The Kier molecular flexibility index (Phi) is 8.69. The highest BCUT2D eigenvalue weighted by atomic mass is 16.5. The first kappa shape index (κ1) is 28.2. The quantitative estimate of drug-likeness (QED) is 0.293. The molecule has 0 amide bonds. The molecule has 2 unspecified atom stereocenters. The molecule has 0 bridgehead atoms. The van der Waals surface area contributed by atoms with Gasteiger partial charge in [-0.3, -0.25) is 0 Å². The number of anilines is 1. The maximum absolute atomic E-state index is 6.66. The van der Waals surface area contributed by atoms with Gasteiger partial charge in [0.05, 0.1) is 12.3 Å². The van der Waals surface area contributed by atoms with E-state index in [9.17, 15) is 0 Å². The van der Waals surface area contributed by atoms with Crippen molar-refractivity contribution in [2.24, 2.45) is 29.1 Å². The molecule has 5 rings (SSSR count). The summed E-state index contributed by atoms with van der Waals surface area (Å²) in [6, 6.07) is 2.08. The SMILES string of the molecule is CNc1nc(OCC(CCC(C)C)C(CC2=CC(C)=CCC2)C2CC3(CC3)C2)cc(C2=C(C)CCC=C2C)n1. The van der Waals surface area contributed by atoms with E-state index in [-0.39, 0.29) is 0 Å². The highest BCUT2D eigenvalue weighted by Crippen LogP contribution is 2.66. The molecule has 4 nitrogen and oxygen atoms in total. The third-order valence-corrected chi connectivity index (χ3v) is 9.95. The second-order valence-electron chi connectivity index (χ2n) is 13.6. The number of nitrogens with one attached hydrogen (secondary N) is 1. The molecule has 1 spiro atoms. The molecule has 1 aromatic rings. The topological polar surface area (TPSA) is 47.0 Å². The van der Waals surface area contributed by atoms with Crippen LogP contribution < -0.4 is 10.1 Å². The number of ether oxygens (including phenoxy) is 1. The highest BCUT2D eigenvalue weighted by molar-refractivity contribution is 5.80. The lowest BCUT2D eigenvalue weighted by Gasteiger charge is -2.45. The minimum atomic E-state index is 0.550. The van der Waals surface area contributed by atoms with E-state index in [1.165, 1.54) is 80.1 Å². The van der Waals surface area contributed by atoms with E-state index in [1.807, 2.05) is 7.05 Å². The van der Waals surface area contributed by atoms with Crippen LogP contribution >= 0.6 is 0 Å². The van der Waals surface area contributed by atoms with Crippen LogP contribution in [0.5, 0.6) is 5.88 Å². The van der Waals surface area contributed by atoms with Crippen molar-refractivity contribution in [3.05, 3.63) is 52.3 Å². The Labute approximate surface area is 237 Å². The lowest BCUT2D eigenvalue weighted by Crippen LogP contribution is -2.38. The molecule has 0 aliphatic heterocycles. The van der Waals surface area contributed by atoms with Crippen LogP contribution in [0.1, 0.15) is 111 Å². The Bertz CT molecular complexity index is 1160. The summed E-state index contributed by atoms with van der Waals surface area (Å²) in [5, 5.41) is 3.18. The molecule has 212 valence electrons. The molecular weight excluding hydrogens is 478 g/mol. The van der Waals surface area contributed by atoms with Gasteiger partial charge in [0.25, 0.3) is 0 Å². The molecule has 0 aromatic carbocycles. The van der Waals surface area contributed by atoms with Gasteiger partial charge in [0.1, 0.15) is 0 Å². The lowest BCUT2D eigenvalue weighted by molar-refractivity contribution is 0.0430. The summed E-state index contributed by atoms with van der Waals surface area (Å²) in [4.78, 5) is 9.60. The van der Waals surface area contributed by atoms with Gasteiger partial charge in [-0.15, -0.1) is 0 Å². The third kappa shape index (κ3) is 6.87. The highest BCUT2D eigenvalue weighted by Gasteiger charge is 2.55. The maximum atomic E-state index is 6.66. The summed E-state index contributed by atoms with van der Waals surface area (Å²) in [5.74, 6) is 4.15. The zero-order chi connectivity index (χ0) is 27.6. The largest absolute Gasteiger partial charge is 0.477 e. The molecule has 4 aliphatic rings. The summed E-state index contributed by atoms with van der Waals surface area (Å²) in [5.41, 5.74) is 8.79. The van der Waals surface area contributed by atoms with E-state index in [0.717, 1.165) is 36.5 Å². The fraction of sp³-hybridized carbons (Fsp3) is 0.657. The van der Waals surface area contributed by atoms with Gasteiger partial charge in [0, 0.05) is 18.7 Å². The van der Waals surface area contributed by atoms with Crippen LogP contribution in [0.2, 0.25) is 0 Å². The van der Waals surface area contributed by atoms with Crippen LogP contribution in [0.4, 0.5) is 5.95 Å². The molecule has 1 heterocycles. The van der Waals surface area contributed by atoms with E-state index >= 15 is 0 Å². The first-order valence-electron chi connectivity index (χ1n) is 15.7. The van der Waals surface area contributed by atoms with Crippen molar-refractivity contribution < 1.29 is 4.74 Å². The number of hydrogen-bond donors (Lipinski definition) is 1. The van der Waals surface area contributed by atoms with Crippen LogP contribution in [0.25, 0.3) is 5.57 Å². The average Bonchev–Trinajstić information content (AvgIpc) is 3.68. The third-order valence-electron chi connectivity index (χ3n) is 9.95. The zero-order valence-electron chi connectivity index (χ0n) is 25.4. The minimum Gasteiger partial charge on any atom is -0.477 e. The summed E-state index contributed by atoms with van der Waals surface area (Å²) in [7, 11) is 1.90. The number of allylic oxidation sites excluding steroid dienone is 8. The van der Waals surface area contributed by atoms with Crippen molar-refractivity contribution in [2.75, 3.05) is 19.0 Å². The molecule has 1 aromatic heterocycles. The molecule has 1 N–H and O–H groups in total. The predicted molar refractivity (Wildman–Crippen MR) is 164 cm³/mol. The number of aromatic nitrogens is 2. The first-order chi connectivity index (χ1) is 18.7. The molecule has 2 atom stereocenters. The Balaban J connectivity index is 1.38. The second-order valence-corrected chi connectivity index (χ2v) is 13.6. The fourth-order valence-electron chi connectivity index (χ4n) is 7.45. The summed E-state index contributed by atoms with van der Waals surface area (Å²) in [6.07, 6.45) is 21.4. The first-order valence-corrected chi connectivity index (χ1v) is 15.7. The molecule has 4 heteroatoms. The Morgan fingerprint density at radius 2 is 1.79 bits per heavy atom. The van der Waals surface area contributed by atoms with Crippen molar-refractivity contribution in [3.63, 3.8) is 0 Å². The van der Waals surface area contributed by atoms with Crippen molar-refractivity contribution in [1.82, 2.24) is 9.97 Å². The van der Waals surface area contributed by atoms with Gasteiger partial charge in [-0.2, -0.15) is 4.98 Å². The van der Waals surface area contributed by atoms with Crippen molar-refractivity contribution in [2.45, 2.75) is 105 Å². The molecule has 0 radical (unpaired) electrons. The molecule has 4 aliphatic carbocycles. The number of nitrogens with zero attached hydrogens (tertiary/aromatic N) is 2. The van der Waals surface area contributed by atoms with E-state index < -0.39 is 0 Å². The van der Waals surface area contributed by atoms with Gasteiger partial charge >= 0.3 is 0 Å². The molecule has 0 saturated heterocycles. The van der Waals surface area contributed by atoms with Crippen LogP contribution in [-0.2, 0) is 0 Å². The monoisotopic (exact) mass is 529 g/mol. The predicted octanol–water partition coefficient (Wildman–Crippen LogP) is 9.33. The van der Waals surface area contributed by atoms with Gasteiger partial charge in [0.15, 0.2) is 0 Å². The van der Waals surface area contributed by atoms with E-state index in [0.29, 0.717) is 29.6 Å². The van der Waals surface area contributed by atoms with Crippen molar-refractivity contribution in [1.29, 1.82) is 0 Å². The zero-order valence-corrected chi connectivity index (χ0v) is 25.4. The van der Waals surface area contributed by atoms with E-state index in [1.54, 1.807) is 5.57 Å². The van der Waals surface area contributed by atoms with Crippen LogP contribution in [-0.4, -0.2) is 23.6 Å². The molecular formula is C35H51N3O. The smallest absolute Gasteiger partial charge is 0.226 e. The summed E-state index contributed by atoms with van der Waals surface area (Å²) < 4.78 is 6.66. The van der Waals surface area contributed by atoms with Gasteiger partial charge < -0.3 is 10.1 Å². The normalized spacial score (nSPS) is 22.2. The molecule has 2 fully saturated rings. The van der Waals surface area contributed by atoms with Gasteiger partial charge in [-0.25, -0.2) is 4.98 Å². The van der Waals surface area contributed by atoms with Crippen LogP contribution in [0, 0.1) is 29.1 Å². The second kappa shape index (κ2) is 12.0. The van der Waals surface area contributed by atoms with Crippen LogP contribution in [0.3, 0.4) is 0 Å².